The molecule has 3 nitrogen and oxygen atoms in total. The molecule has 0 radical (unpaired) electrons. The first-order valence-electron chi connectivity index (χ1n) is 9.22. The Morgan fingerprint density at radius 1 is 0.962 bits per heavy atom. The topological polar surface area (TPSA) is 38.3 Å². The van der Waals surface area contributed by atoms with Gasteiger partial charge in [-0.1, -0.05) is 51.1 Å². The molecule has 2 aromatic rings. The summed E-state index contributed by atoms with van der Waals surface area (Å²) in [4.78, 5) is 12.5. The minimum absolute atomic E-state index is 0.0592. The summed E-state index contributed by atoms with van der Waals surface area (Å²) in [5.74, 6) is 0.593. The normalized spacial score (nSPS) is 13.8. The second-order valence-electron chi connectivity index (χ2n) is 8.11. The predicted molar refractivity (Wildman–Crippen MR) is 108 cm³/mol. The van der Waals surface area contributed by atoms with Gasteiger partial charge in [-0.25, -0.2) is 0 Å². The summed E-state index contributed by atoms with van der Waals surface area (Å²) in [5.41, 5.74) is 4.92. The third-order valence-corrected chi connectivity index (χ3v) is 4.79. The van der Waals surface area contributed by atoms with E-state index in [0.717, 1.165) is 5.56 Å². The van der Waals surface area contributed by atoms with Crippen LogP contribution in [0.15, 0.2) is 42.5 Å². The Morgan fingerprint density at radius 3 is 2.12 bits per heavy atom. The summed E-state index contributed by atoms with van der Waals surface area (Å²) in [6, 6.07) is 14.2. The van der Waals surface area contributed by atoms with E-state index in [4.69, 9.17) is 4.74 Å². The van der Waals surface area contributed by atoms with Crippen molar-refractivity contribution in [2.45, 2.75) is 66.0 Å². The van der Waals surface area contributed by atoms with Crippen LogP contribution in [0.2, 0.25) is 0 Å². The molecule has 0 aliphatic carbocycles. The van der Waals surface area contributed by atoms with Crippen LogP contribution in [0.5, 0.6) is 5.75 Å². The van der Waals surface area contributed by atoms with Gasteiger partial charge in [0.2, 0.25) is 0 Å². The van der Waals surface area contributed by atoms with Crippen molar-refractivity contribution in [3.63, 3.8) is 0 Å². The Morgan fingerprint density at radius 2 is 1.58 bits per heavy atom. The largest absolute Gasteiger partial charge is 0.481 e. The van der Waals surface area contributed by atoms with Crippen LogP contribution >= 0.6 is 0 Å². The van der Waals surface area contributed by atoms with Gasteiger partial charge in [0.1, 0.15) is 5.75 Å². The van der Waals surface area contributed by atoms with Gasteiger partial charge in [-0.05, 0) is 67.5 Å². The first kappa shape index (κ1) is 20.0. The number of carbonyl (C=O) groups excluding carboxylic acids is 1. The highest BCUT2D eigenvalue weighted by atomic mass is 16.5. The average Bonchev–Trinajstić information content (AvgIpc) is 2.56. The molecule has 1 amide bonds. The number of nitrogens with one attached hydrogen (secondary N) is 1. The maximum absolute atomic E-state index is 12.5. The zero-order valence-electron chi connectivity index (χ0n) is 17.0. The number of benzene rings is 2. The summed E-state index contributed by atoms with van der Waals surface area (Å²) in [7, 11) is 0. The number of amides is 1. The van der Waals surface area contributed by atoms with Gasteiger partial charge in [0.15, 0.2) is 6.10 Å². The lowest BCUT2D eigenvalue weighted by Gasteiger charge is -2.21. The highest BCUT2D eigenvalue weighted by molar-refractivity contribution is 5.81. The lowest BCUT2D eigenvalue weighted by molar-refractivity contribution is -0.127. The Balaban J connectivity index is 1.97. The van der Waals surface area contributed by atoms with Crippen molar-refractivity contribution in [2.24, 2.45) is 0 Å². The van der Waals surface area contributed by atoms with Crippen LogP contribution in [0.1, 0.15) is 62.9 Å². The first-order valence-corrected chi connectivity index (χ1v) is 9.22. The van der Waals surface area contributed by atoms with Crippen LogP contribution in [0, 0.1) is 13.8 Å². The third-order valence-electron chi connectivity index (χ3n) is 4.79. The van der Waals surface area contributed by atoms with Crippen molar-refractivity contribution in [1.82, 2.24) is 5.32 Å². The maximum Gasteiger partial charge on any atom is 0.261 e. The molecule has 1 N–H and O–H groups in total. The molecule has 26 heavy (non-hydrogen) atoms. The van der Waals surface area contributed by atoms with E-state index in [9.17, 15) is 4.79 Å². The van der Waals surface area contributed by atoms with Crippen LogP contribution < -0.4 is 10.1 Å². The predicted octanol–water partition coefficient (Wildman–Crippen LogP) is 5.25. The van der Waals surface area contributed by atoms with E-state index in [2.05, 4.69) is 70.3 Å². The summed E-state index contributed by atoms with van der Waals surface area (Å²) in [6.07, 6.45) is -0.551. The van der Waals surface area contributed by atoms with Gasteiger partial charge in [0.05, 0.1) is 6.04 Å². The molecule has 0 fully saturated rings. The molecule has 0 aliphatic heterocycles. The SMILES string of the molecule is Cc1ccc(C(C)NC(=O)C(C)Oc2ccc(C(C)(C)C)cc2)cc1C. The van der Waals surface area contributed by atoms with Crippen LogP contribution in [0.4, 0.5) is 0 Å². The number of carbonyl (C=O) groups is 1. The van der Waals surface area contributed by atoms with E-state index in [1.807, 2.05) is 19.1 Å². The second-order valence-corrected chi connectivity index (χ2v) is 8.11. The lowest BCUT2D eigenvalue weighted by atomic mass is 9.87. The molecule has 2 unspecified atom stereocenters. The van der Waals surface area contributed by atoms with Crippen molar-refractivity contribution in [3.05, 3.63) is 64.7 Å². The molecule has 0 bridgehead atoms. The zero-order chi connectivity index (χ0) is 19.5. The van der Waals surface area contributed by atoms with Crippen molar-refractivity contribution in [2.75, 3.05) is 0 Å². The van der Waals surface area contributed by atoms with Gasteiger partial charge < -0.3 is 10.1 Å². The van der Waals surface area contributed by atoms with Gasteiger partial charge >= 0.3 is 0 Å². The fourth-order valence-corrected chi connectivity index (χ4v) is 2.74. The fraction of sp³-hybridized carbons (Fsp3) is 0.435. The van der Waals surface area contributed by atoms with Crippen molar-refractivity contribution < 1.29 is 9.53 Å². The first-order chi connectivity index (χ1) is 12.1. The van der Waals surface area contributed by atoms with Gasteiger partial charge in [0.25, 0.3) is 5.91 Å². The molecule has 0 aliphatic rings. The number of hydrogen-bond acceptors (Lipinski definition) is 2. The zero-order valence-corrected chi connectivity index (χ0v) is 17.0. The third kappa shape index (κ3) is 5.10. The molecule has 2 rings (SSSR count). The number of ether oxygens (including phenoxy) is 1. The van der Waals surface area contributed by atoms with Crippen molar-refractivity contribution >= 4 is 5.91 Å². The van der Waals surface area contributed by atoms with E-state index in [1.165, 1.54) is 16.7 Å². The van der Waals surface area contributed by atoms with E-state index in [-0.39, 0.29) is 17.4 Å². The number of aryl methyl sites for hydroxylation is 2. The minimum atomic E-state index is -0.551. The molecule has 0 aromatic heterocycles. The maximum atomic E-state index is 12.5. The molecular formula is C23H31NO2. The highest BCUT2D eigenvalue weighted by Crippen LogP contribution is 2.25. The van der Waals surface area contributed by atoms with E-state index in [1.54, 1.807) is 6.92 Å². The van der Waals surface area contributed by atoms with Gasteiger partial charge in [0, 0.05) is 0 Å². The Labute approximate surface area is 157 Å². The molecule has 3 heteroatoms. The highest BCUT2D eigenvalue weighted by Gasteiger charge is 2.19. The van der Waals surface area contributed by atoms with E-state index >= 15 is 0 Å². The van der Waals surface area contributed by atoms with Crippen LogP contribution in [-0.4, -0.2) is 12.0 Å². The summed E-state index contributed by atoms with van der Waals surface area (Å²) in [6.45, 7) is 14.5. The molecule has 0 saturated heterocycles. The fourth-order valence-electron chi connectivity index (χ4n) is 2.74. The summed E-state index contributed by atoms with van der Waals surface area (Å²) < 4.78 is 5.81. The standard InChI is InChI=1S/C23H31NO2/c1-15-8-9-19(14-16(15)2)17(3)24-22(25)18(4)26-21-12-10-20(11-13-21)23(5,6)7/h8-14,17-18H,1-7H3,(H,24,25). The van der Waals surface area contributed by atoms with Gasteiger partial charge in [-0.15, -0.1) is 0 Å². The molecule has 0 spiro atoms. The second kappa shape index (κ2) is 7.94. The van der Waals surface area contributed by atoms with Crippen LogP contribution in [-0.2, 0) is 10.2 Å². The van der Waals surface area contributed by atoms with Gasteiger partial charge in [-0.2, -0.15) is 0 Å². The molecule has 2 aromatic carbocycles. The quantitative estimate of drug-likeness (QED) is 0.798. The summed E-state index contributed by atoms with van der Waals surface area (Å²) >= 11 is 0. The number of hydrogen-bond donors (Lipinski definition) is 1. The molecule has 0 saturated carbocycles. The molecular weight excluding hydrogens is 322 g/mol. The molecule has 140 valence electrons. The van der Waals surface area contributed by atoms with Crippen LogP contribution in [0.25, 0.3) is 0 Å². The van der Waals surface area contributed by atoms with Crippen molar-refractivity contribution in [1.29, 1.82) is 0 Å². The minimum Gasteiger partial charge on any atom is -0.481 e. The number of rotatable bonds is 5. The van der Waals surface area contributed by atoms with Crippen molar-refractivity contribution in [3.8, 4) is 5.75 Å². The molecule has 2 atom stereocenters. The lowest BCUT2D eigenvalue weighted by Crippen LogP contribution is -2.37. The summed E-state index contributed by atoms with van der Waals surface area (Å²) in [5, 5.41) is 3.03. The Kier molecular flexibility index (Phi) is 6.12. The van der Waals surface area contributed by atoms with E-state index in [0.29, 0.717) is 5.75 Å². The van der Waals surface area contributed by atoms with Crippen LogP contribution in [0.3, 0.4) is 0 Å². The average molecular weight is 354 g/mol. The van der Waals surface area contributed by atoms with E-state index < -0.39 is 6.10 Å². The Bertz CT molecular complexity index is 757. The molecule has 0 heterocycles. The Hall–Kier alpha value is -2.29. The monoisotopic (exact) mass is 353 g/mol. The smallest absolute Gasteiger partial charge is 0.261 e. The van der Waals surface area contributed by atoms with Gasteiger partial charge in [-0.3, -0.25) is 4.79 Å².